The molecule has 0 saturated carbocycles. The van der Waals surface area contributed by atoms with Gasteiger partial charge in [0.25, 0.3) is 0 Å². The molecule has 0 bridgehead atoms. The van der Waals surface area contributed by atoms with E-state index >= 15 is 0 Å². The number of hydrogen-bond donors (Lipinski definition) is 0. The average Bonchev–Trinajstić information content (AvgIpc) is 3.23. The van der Waals surface area contributed by atoms with E-state index in [1.165, 1.54) is 14.2 Å². The molecule has 0 atom stereocenters. The number of methoxy groups -OCH3 is 4. The molecule has 0 spiro atoms. The molecular weight excluding hydrogens is 462 g/mol. The zero-order valence-electron chi connectivity index (χ0n) is 20.6. The van der Waals surface area contributed by atoms with E-state index in [0.29, 0.717) is 59.7 Å². The third-order valence-corrected chi connectivity index (χ3v) is 6.29. The van der Waals surface area contributed by atoms with Gasteiger partial charge in [0.05, 0.1) is 39.6 Å². The van der Waals surface area contributed by atoms with Gasteiger partial charge < -0.3 is 28.4 Å². The summed E-state index contributed by atoms with van der Waals surface area (Å²) >= 11 is 0. The maximum atomic E-state index is 13.3. The van der Waals surface area contributed by atoms with Crippen LogP contribution >= 0.6 is 0 Å². The van der Waals surface area contributed by atoms with E-state index in [1.54, 1.807) is 38.5 Å². The first-order valence-electron chi connectivity index (χ1n) is 11.4. The van der Waals surface area contributed by atoms with Gasteiger partial charge in [-0.1, -0.05) is 18.2 Å². The van der Waals surface area contributed by atoms with Gasteiger partial charge in [0.15, 0.2) is 17.3 Å². The van der Waals surface area contributed by atoms with Crippen molar-refractivity contribution in [3.8, 4) is 34.5 Å². The second-order valence-electron chi connectivity index (χ2n) is 8.35. The number of hydrogen-bond acceptors (Lipinski definition) is 8. The minimum absolute atomic E-state index is 0.200. The van der Waals surface area contributed by atoms with E-state index < -0.39 is 0 Å². The lowest BCUT2D eigenvalue weighted by Crippen LogP contribution is -2.31. The summed E-state index contributed by atoms with van der Waals surface area (Å²) in [6, 6.07) is 15.0. The maximum absolute atomic E-state index is 13.3. The van der Waals surface area contributed by atoms with Crippen LogP contribution < -0.4 is 28.4 Å². The fraction of sp³-hybridized carbons (Fsp3) is 0.250. The summed E-state index contributed by atoms with van der Waals surface area (Å²) in [6.45, 7) is 1.62. The zero-order valence-corrected chi connectivity index (χ0v) is 20.6. The standard InChI is InChI=1S/C28H27NO7/c1-31-21-8-6-5-7-18(21)14-29-15-20-22(35-16-29)12-10-19-25(30)24(36-27(19)20)13-17-9-11-23(32-2)28(34-4)26(17)33-3/h5-13H,14-16H2,1-4H3. The molecular formula is C28H27NO7. The van der Waals surface area contributed by atoms with Crippen molar-refractivity contribution in [1.29, 1.82) is 0 Å². The first-order chi connectivity index (χ1) is 17.6. The number of nitrogens with zero attached hydrogens (tertiary/aromatic N) is 1. The third kappa shape index (κ3) is 4.09. The highest BCUT2D eigenvalue weighted by molar-refractivity contribution is 6.15. The van der Waals surface area contributed by atoms with Crippen LogP contribution in [0.3, 0.4) is 0 Å². The Morgan fingerprint density at radius 2 is 1.67 bits per heavy atom. The predicted molar refractivity (Wildman–Crippen MR) is 133 cm³/mol. The molecule has 36 heavy (non-hydrogen) atoms. The molecule has 0 N–H and O–H groups in total. The van der Waals surface area contributed by atoms with Crippen LogP contribution in [0.15, 0.2) is 54.3 Å². The van der Waals surface area contributed by atoms with Gasteiger partial charge in [-0.25, -0.2) is 0 Å². The second kappa shape index (κ2) is 9.83. The molecule has 3 aromatic rings. The van der Waals surface area contributed by atoms with Crippen molar-refractivity contribution in [2.75, 3.05) is 35.2 Å². The van der Waals surface area contributed by atoms with Crippen LogP contribution in [-0.2, 0) is 13.1 Å². The summed E-state index contributed by atoms with van der Waals surface area (Å²) in [6.07, 6.45) is 1.66. The number of rotatable bonds is 7. The molecule has 0 aliphatic carbocycles. The van der Waals surface area contributed by atoms with Gasteiger partial charge in [-0.05, 0) is 36.4 Å². The lowest BCUT2D eigenvalue weighted by atomic mass is 10.0. The Morgan fingerprint density at radius 3 is 2.42 bits per heavy atom. The molecule has 0 amide bonds. The van der Waals surface area contributed by atoms with Crippen molar-refractivity contribution < 1.29 is 33.2 Å². The minimum Gasteiger partial charge on any atom is -0.496 e. The molecule has 0 aromatic heterocycles. The van der Waals surface area contributed by atoms with Crippen LogP contribution in [0.1, 0.15) is 27.0 Å². The fourth-order valence-corrected chi connectivity index (χ4v) is 4.56. The van der Waals surface area contributed by atoms with E-state index in [4.69, 9.17) is 28.4 Å². The Balaban J connectivity index is 1.45. The molecule has 8 nitrogen and oxygen atoms in total. The van der Waals surface area contributed by atoms with Crippen LogP contribution in [0.5, 0.6) is 34.5 Å². The number of carbonyl (C=O) groups is 1. The molecule has 0 saturated heterocycles. The van der Waals surface area contributed by atoms with Gasteiger partial charge in [-0.2, -0.15) is 0 Å². The zero-order chi connectivity index (χ0) is 25.2. The number of allylic oxidation sites excluding steroid dienone is 1. The van der Waals surface area contributed by atoms with Gasteiger partial charge in [0, 0.05) is 24.2 Å². The van der Waals surface area contributed by atoms with E-state index in [2.05, 4.69) is 4.90 Å². The summed E-state index contributed by atoms with van der Waals surface area (Å²) in [5, 5.41) is 0. The van der Waals surface area contributed by atoms with E-state index in [9.17, 15) is 4.79 Å². The molecule has 2 heterocycles. The number of benzene rings is 3. The highest BCUT2D eigenvalue weighted by atomic mass is 16.5. The highest BCUT2D eigenvalue weighted by Crippen LogP contribution is 2.44. The summed E-state index contributed by atoms with van der Waals surface area (Å²) in [5.74, 6) is 3.47. The fourth-order valence-electron chi connectivity index (χ4n) is 4.56. The third-order valence-electron chi connectivity index (χ3n) is 6.29. The quantitative estimate of drug-likeness (QED) is 0.443. The van der Waals surface area contributed by atoms with Crippen LogP contribution in [0.2, 0.25) is 0 Å². The molecule has 8 heteroatoms. The minimum atomic E-state index is -0.202. The Hall–Kier alpha value is -4.17. The lowest BCUT2D eigenvalue weighted by molar-refractivity contribution is 0.0865. The number of ketones is 1. The first-order valence-corrected chi connectivity index (χ1v) is 11.4. The number of fused-ring (bicyclic) bond motifs is 3. The largest absolute Gasteiger partial charge is 0.496 e. The summed E-state index contributed by atoms with van der Waals surface area (Å²) in [4.78, 5) is 15.4. The average molecular weight is 490 g/mol. The monoisotopic (exact) mass is 489 g/mol. The van der Waals surface area contributed by atoms with E-state index in [1.807, 2.05) is 30.3 Å². The van der Waals surface area contributed by atoms with Crippen molar-refractivity contribution in [3.05, 3.63) is 76.5 Å². The van der Waals surface area contributed by atoms with Crippen molar-refractivity contribution in [2.45, 2.75) is 13.1 Å². The van der Waals surface area contributed by atoms with Crippen molar-refractivity contribution in [2.24, 2.45) is 0 Å². The smallest absolute Gasteiger partial charge is 0.231 e. The normalized spacial score (nSPS) is 15.6. The Kier molecular flexibility index (Phi) is 6.43. The van der Waals surface area contributed by atoms with Crippen LogP contribution in [-0.4, -0.2) is 45.9 Å². The van der Waals surface area contributed by atoms with Gasteiger partial charge in [-0.15, -0.1) is 0 Å². The van der Waals surface area contributed by atoms with E-state index in [-0.39, 0.29) is 11.5 Å². The molecule has 0 unspecified atom stereocenters. The molecule has 0 fully saturated rings. The molecule has 3 aromatic carbocycles. The topological polar surface area (TPSA) is 75.7 Å². The Bertz CT molecular complexity index is 1350. The summed E-state index contributed by atoms with van der Waals surface area (Å²) in [5.41, 5.74) is 3.03. The lowest BCUT2D eigenvalue weighted by Gasteiger charge is -2.30. The molecule has 2 aliphatic rings. The van der Waals surface area contributed by atoms with Gasteiger partial charge >= 0.3 is 0 Å². The molecule has 186 valence electrons. The molecule has 0 radical (unpaired) electrons. The summed E-state index contributed by atoms with van der Waals surface area (Å²) < 4.78 is 34.0. The van der Waals surface area contributed by atoms with Gasteiger partial charge in [0.2, 0.25) is 11.5 Å². The number of ether oxygens (including phenoxy) is 6. The van der Waals surface area contributed by atoms with Crippen LogP contribution in [0.25, 0.3) is 6.08 Å². The number of carbonyl (C=O) groups excluding carboxylic acids is 1. The maximum Gasteiger partial charge on any atom is 0.231 e. The van der Waals surface area contributed by atoms with Crippen LogP contribution in [0, 0.1) is 0 Å². The van der Waals surface area contributed by atoms with E-state index in [0.717, 1.165) is 16.9 Å². The number of para-hydroxylation sites is 1. The van der Waals surface area contributed by atoms with Crippen molar-refractivity contribution in [3.63, 3.8) is 0 Å². The SMILES string of the molecule is COc1ccccc1CN1COc2ccc3c(c2C1)OC(=Cc1ccc(OC)c(OC)c1OC)C3=O. The first kappa shape index (κ1) is 23.6. The second-order valence-corrected chi connectivity index (χ2v) is 8.35. The molecule has 2 aliphatic heterocycles. The van der Waals surface area contributed by atoms with Crippen LogP contribution in [0.4, 0.5) is 0 Å². The highest BCUT2D eigenvalue weighted by Gasteiger charge is 2.34. The van der Waals surface area contributed by atoms with Crippen molar-refractivity contribution >= 4 is 11.9 Å². The predicted octanol–water partition coefficient (Wildman–Crippen LogP) is 4.69. The number of Topliss-reactive ketones (excluding diaryl/α,β-unsaturated/α-hetero) is 1. The summed E-state index contributed by atoms with van der Waals surface area (Å²) in [7, 11) is 6.29. The molecule has 5 rings (SSSR count). The van der Waals surface area contributed by atoms with Crippen molar-refractivity contribution in [1.82, 2.24) is 4.90 Å². The van der Waals surface area contributed by atoms with Gasteiger partial charge in [-0.3, -0.25) is 9.69 Å². The van der Waals surface area contributed by atoms with Gasteiger partial charge in [0.1, 0.15) is 24.0 Å². The Labute approximate surface area is 209 Å². The Morgan fingerprint density at radius 1 is 0.889 bits per heavy atom.